The number of carbonyl (C=O) groups is 2. The molecule has 1 aromatic heterocycles. The molecule has 1 aliphatic heterocycles. The van der Waals surface area contributed by atoms with Crippen molar-refractivity contribution in [3.05, 3.63) is 64.9 Å². The summed E-state index contributed by atoms with van der Waals surface area (Å²) >= 11 is 1.60. The Morgan fingerprint density at radius 3 is 2.53 bits per heavy atom. The number of benzene rings is 2. The average Bonchev–Trinajstić information content (AvgIpc) is 3.38. The van der Waals surface area contributed by atoms with Crippen LogP contribution in [0.2, 0.25) is 0 Å². The summed E-state index contributed by atoms with van der Waals surface area (Å²) in [7, 11) is 0. The summed E-state index contributed by atoms with van der Waals surface area (Å²) < 4.78 is 13.7. The number of thioether (sulfide) groups is 1. The van der Waals surface area contributed by atoms with Crippen molar-refractivity contribution in [2.45, 2.75) is 65.6 Å². The van der Waals surface area contributed by atoms with E-state index in [1.165, 1.54) is 0 Å². The number of unbranched alkanes of at least 4 members (excludes halogenated alkanes) is 1. The number of aromatic nitrogens is 3. The standard InChI is InChI=1S/C32H42N6O4S/c1-7-11-17-43-32-35-31-33-22(6)28(30(40)34-24-14-12-13-21(5)18-24)29(38(31)36-32)23-15-16-25(26(19-23)41-10-4)42-20-27(39)37(8-2)9-3/h12-16,18-19,29H,7-11,17,20H2,1-6H3,(H,34,40)(H,33,35,36). The van der Waals surface area contributed by atoms with Crippen LogP contribution in [0.5, 0.6) is 11.5 Å². The van der Waals surface area contributed by atoms with Gasteiger partial charge in [-0.3, -0.25) is 9.59 Å². The van der Waals surface area contributed by atoms with Crippen LogP contribution in [0.25, 0.3) is 0 Å². The maximum Gasteiger partial charge on any atom is 0.260 e. The molecule has 0 spiro atoms. The zero-order valence-corrected chi connectivity index (χ0v) is 26.7. The van der Waals surface area contributed by atoms with E-state index in [0.717, 1.165) is 29.7 Å². The molecular weight excluding hydrogens is 564 g/mol. The molecule has 2 amide bonds. The van der Waals surface area contributed by atoms with Crippen molar-refractivity contribution in [2.75, 3.05) is 42.7 Å². The number of amides is 2. The number of nitrogens with one attached hydrogen (secondary N) is 2. The summed E-state index contributed by atoms with van der Waals surface area (Å²) in [6.07, 6.45) is 2.14. The van der Waals surface area contributed by atoms with Crippen LogP contribution in [0.15, 0.2) is 58.9 Å². The number of likely N-dealkylation sites (N-methyl/N-ethyl adjacent to an activating group) is 1. The van der Waals surface area contributed by atoms with Crippen molar-refractivity contribution in [1.29, 1.82) is 0 Å². The SMILES string of the molecule is CCCCSc1nc2n(n1)C(c1ccc(OCC(=O)N(CC)CC)c(OCC)c1)C(C(=O)Nc1cccc(C)c1)=C(C)N2. The molecule has 0 fully saturated rings. The second-order valence-electron chi connectivity index (χ2n) is 10.2. The molecule has 0 aliphatic carbocycles. The van der Waals surface area contributed by atoms with E-state index in [9.17, 15) is 9.59 Å². The Balaban J connectivity index is 1.73. The fraction of sp³-hybridized carbons (Fsp3) is 0.438. The van der Waals surface area contributed by atoms with Gasteiger partial charge in [0.1, 0.15) is 6.04 Å². The maximum atomic E-state index is 13.9. The fourth-order valence-corrected chi connectivity index (χ4v) is 5.83. The van der Waals surface area contributed by atoms with Crippen molar-refractivity contribution in [3.63, 3.8) is 0 Å². The van der Waals surface area contributed by atoms with E-state index >= 15 is 0 Å². The molecule has 230 valence electrons. The highest BCUT2D eigenvalue weighted by atomic mass is 32.2. The van der Waals surface area contributed by atoms with Crippen LogP contribution in [0.1, 0.15) is 64.6 Å². The molecule has 2 aromatic carbocycles. The molecule has 1 aliphatic rings. The quantitative estimate of drug-likeness (QED) is 0.169. The molecule has 4 rings (SSSR count). The number of carbonyl (C=O) groups excluding carboxylic acids is 2. The molecule has 3 aromatic rings. The third-order valence-electron chi connectivity index (χ3n) is 7.13. The Morgan fingerprint density at radius 2 is 1.84 bits per heavy atom. The largest absolute Gasteiger partial charge is 0.490 e. The number of hydrogen-bond acceptors (Lipinski definition) is 8. The summed E-state index contributed by atoms with van der Waals surface area (Å²) in [5.74, 6) is 2.08. The zero-order valence-electron chi connectivity index (χ0n) is 25.9. The summed E-state index contributed by atoms with van der Waals surface area (Å²) in [5, 5.41) is 11.8. The van der Waals surface area contributed by atoms with Gasteiger partial charge in [0, 0.05) is 30.2 Å². The van der Waals surface area contributed by atoms with E-state index in [0.29, 0.717) is 59.3 Å². The molecule has 0 radical (unpaired) electrons. The molecule has 2 N–H and O–H groups in total. The summed E-state index contributed by atoms with van der Waals surface area (Å²) in [4.78, 5) is 33.0. The molecule has 10 nitrogen and oxygen atoms in total. The van der Waals surface area contributed by atoms with Gasteiger partial charge in [-0.2, -0.15) is 4.98 Å². The van der Waals surface area contributed by atoms with Crippen LogP contribution < -0.4 is 20.1 Å². The second kappa shape index (κ2) is 15.0. The smallest absolute Gasteiger partial charge is 0.260 e. The predicted octanol–water partition coefficient (Wildman–Crippen LogP) is 6.05. The van der Waals surface area contributed by atoms with Gasteiger partial charge in [0.15, 0.2) is 18.1 Å². The first-order chi connectivity index (χ1) is 20.8. The molecule has 43 heavy (non-hydrogen) atoms. The van der Waals surface area contributed by atoms with E-state index in [-0.39, 0.29) is 18.4 Å². The van der Waals surface area contributed by atoms with Crippen molar-refractivity contribution < 1.29 is 19.1 Å². The van der Waals surface area contributed by atoms with Gasteiger partial charge in [0.2, 0.25) is 11.1 Å². The van der Waals surface area contributed by atoms with Crippen LogP contribution in [0.4, 0.5) is 11.6 Å². The first kappa shape index (κ1) is 31.9. The lowest BCUT2D eigenvalue weighted by Crippen LogP contribution is -2.34. The Kier molecular flexibility index (Phi) is 11.1. The summed E-state index contributed by atoms with van der Waals surface area (Å²) in [6, 6.07) is 12.7. The predicted molar refractivity (Wildman–Crippen MR) is 171 cm³/mol. The van der Waals surface area contributed by atoms with Gasteiger partial charge in [0.25, 0.3) is 11.8 Å². The molecule has 1 atom stereocenters. The minimum Gasteiger partial charge on any atom is -0.490 e. The van der Waals surface area contributed by atoms with Gasteiger partial charge < -0.3 is 25.0 Å². The number of hydrogen-bond donors (Lipinski definition) is 2. The van der Waals surface area contributed by atoms with Gasteiger partial charge in [-0.05, 0) is 76.4 Å². The molecule has 11 heteroatoms. The van der Waals surface area contributed by atoms with Crippen LogP contribution in [-0.4, -0.2) is 63.5 Å². The highest BCUT2D eigenvalue weighted by Crippen LogP contribution is 2.40. The molecular formula is C32H42N6O4S. The van der Waals surface area contributed by atoms with Crippen LogP contribution >= 0.6 is 11.8 Å². The number of fused-ring (bicyclic) bond motifs is 1. The fourth-order valence-electron chi connectivity index (χ4n) is 4.91. The van der Waals surface area contributed by atoms with Gasteiger partial charge in [0.05, 0.1) is 12.2 Å². The van der Waals surface area contributed by atoms with Crippen molar-refractivity contribution in [3.8, 4) is 11.5 Å². The minimum absolute atomic E-state index is 0.0936. The van der Waals surface area contributed by atoms with Gasteiger partial charge >= 0.3 is 0 Å². The van der Waals surface area contributed by atoms with Gasteiger partial charge in [-0.15, -0.1) is 5.10 Å². The summed E-state index contributed by atoms with van der Waals surface area (Å²) in [6.45, 7) is 13.3. The zero-order chi connectivity index (χ0) is 30.9. The third kappa shape index (κ3) is 7.70. The van der Waals surface area contributed by atoms with Crippen LogP contribution in [0, 0.1) is 6.92 Å². The number of aryl methyl sites for hydroxylation is 1. The van der Waals surface area contributed by atoms with Crippen molar-refractivity contribution in [1.82, 2.24) is 19.7 Å². The maximum absolute atomic E-state index is 13.9. The Morgan fingerprint density at radius 1 is 1.05 bits per heavy atom. The highest BCUT2D eigenvalue weighted by Gasteiger charge is 2.35. The minimum atomic E-state index is -0.584. The van der Waals surface area contributed by atoms with E-state index < -0.39 is 6.04 Å². The number of anilines is 2. The number of allylic oxidation sites excluding steroid dienone is 1. The van der Waals surface area contributed by atoms with E-state index in [1.807, 2.05) is 71.0 Å². The Labute approximate surface area is 258 Å². The van der Waals surface area contributed by atoms with Crippen LogP contribution in [-0.2, 0) is 9.59 Å². The van der Waals surface area contributed by atoms with Crippen molar-refractivity contribution in [2.24, 2.45) is 0 Å². The first-order valence-corrected chi connectivity index (χ1v) is 15.9. The number of ether oxygens (including phenoxy) is 2. The molecule has 0 saturated carbocycles. The lowest BCUT2D eigenvalue weighted by molar-refractivity contribution is -0.133. The van der Waals surface area contributed by atoms with E-state index in [1.54, 1.807) is 27.4 Å². The number of nitrogens with zero attached hydrogens (tertiary/aromatic N) is 4. The lowest BCUT2D eigenvalue weighted by atomic mass is 9.94. The molecule has 0 bridgehead atoms. The van der Waals surface area contributed by atoms with E-state index in [4.69, 9.17) is 19.6 Å². The number of rotatable bonds is 14. The average molecular weight is 607 g/mol. The topological polar surface area (TPSA) is 111 Å². The Hall–Kier alpha value is -3.99. The van der Waals surface area contributed by atoms with E-state index in [2.05, 4.69) is 17.6 Å². The van der Waals surface area contributed by atoms with Crippen LogP contribution in [0.3, 0.4) is 0 Å². The normalized spacial score (nSPS) is 14.1. The molecule has 2 heterocycles. The monoisotopic (exact) mass is 606 g/mol. The highest BCUT2D eigenvalue weighted by molar-refractivity contribution is 7.99. The van der Waals surface area contributed by atoms with Crippen molar-refractivity contribution >= 4 is 35.2 Å². The third-order valence-corrected chi connectivity index (χ3v) is 8.06. The molecule has 0 saturated heterocycles. The second-order valence-corrected chi connectivity index (χ2v) is 11.3. The van der Waals surface area contributed by atoms with Gasteiger partial charge in [-0.1, -0.05) is 43.3 Å². The molecule has 1 unspecified atom stereocenters. The lowest BCUT2D eigenvalue weighted by Gasteiger charge is -2.29. The van der Waals surface area contributed by atoms with Gasteiger partial charge in [-0.25, -0.2) is 4.68 Å². The summed E-state index contributed by atoms with van der Waals surface area (Å²) in [5.41, 5.74) is 3.73. The first-order valence-electron chi connectivity index (χ1n) is 14.9. The Bertz CT molecular complexity index is 1470.